The number of rotatable bonds is 7. The molecule has 0 aromatic heterocycles. The maximum absolute atomic E-state index is 10.5. The smallest absolute Gasteiger partial charge is 0.105 e. The maximum Gasteiger partial charge on any atom is 0.105 e. The Balaban J connectivity index is 2.14. The molecule has 112 valence electrons. The Labute approximate surface area is 127 Å². The van der Waals surface area contributed by atoms with Crippen molar-refractivity contribution in [2.24, 2.45) is 0 Å². The van der Waals surface area contributed by atoms with Crippen molar-refractivity contribution in [3.63, 3.8) is 0 Å². The number of benzene rings is 2. The van der Waals surface area contributed by atoms with Gasteiger partial charge in [0, 0.05) is 6.61 Å². The molecule has 2 nitrogen and oxygen atoms in total. The zero-order valence-corrected chi connectivity index (χ0v) is 12.8. The van der Waals surface area contributed by atoms with Gasteiger partial charge in [-0.25, -0.2) is 0 Å². The van der Waals surface area contributed by atoms with Gasteiger partial charge in [-0.3, -0.25) is 0 Å². The fourth-order valence-electron chi connectivity index (χ4n) is 2.55. The molecule has 2 aromatic rings. The van der Waals surface area contributed by atoms with Gasteiger partial charge in [0.15, 0.2) is 0 Å². The molecule has 0 saturated carbocycles. The lowest BCUT2D eigenvalue weighted by atomic mass is 9.98. The molecule has 0 heterocycles. The zero-order valence-electron chi connectivity index (χ0n) is 12.8. The van der Waals surface area contributed by atoms with Crippen LogP contribution >= 0.6 is 0 Å². The van der Waals surface area contributed by atoms with E-state index in [1.165, 1.54) is 5.56 Å². The molecule has 0 aliphatic heterocycles. The number of hydrogen-bond acceptors (Lipinski definition) is 2. The highest BCUT2D eigenvalue weighted by Gasteiger charge is 2.20. The fraction of sp³-hybridized carbons (Fsp3) is 0.368. The Bertz CT molecular complexity index is 513. The van der Waals surface area contributed by atoms with Crippen molar-refractivity contribution in [1.82, 2.24) is 0 Å². The van der Waals surface area contributed by atoms with Gasteiger partial charge in [0.25, 0.3) is 0 Å². The molecule has 0 saturated heterocycles. The molecule has 0 spiro atoms. The monoisotopic (exact) mass is 284 g/mol. The van der Waals surface area contributed by atoms with Crippen molar-refractivity contribution in [1.29, 1.82) is 0 Å². The standard InChI is InChI=1S/C19H24O2/c1-3-8-18(21-4-2)19(20)17-13-11-16(12-14-17)15-9-6-5-7-10-15/h5-7,9-14,18-20H,3-4,8H2,1-2H3. The molecule has 2 atom stereocenters. The van der Waals surface area contributed by atoms with Crippen LogP contribution in [0.2, 0.25) is 0 Å². The van der Waals surface area contributed by atoms with E-state index in [4.69, 9.17) is 4.74 Å². The van der Waals surface area contributed by atoms with Gasteiger partial charge in [0.1, 0.15) is 6.10 Å². The number of aliphatic hydroxyl groups excluding tert-OH is 1. The normalized spacial score (nSPS) is 13.9. The molecule has 0 aliphatic carbocycles. The molecule has 2 aromatic carbocycles. The lowest BCUT2D eigenvalue weighted by Gasteiger charge is -2.23. The van der Waals surface area contributed by atoms with E-state index < -0.39 is 6.10 Å². The van der Waals surface area contributed by atoms with Crippen LogP contribution in [0.1, 0.15) is 38.4 Å². The lowest BCUT2D eigenvalue weighted by molar-refractivity contribution is -0.0384. The first kappa shape index (κ1) is 15.7. The van der Waals surface area contributed by atoms with E-state index in [0.29, 0.717) is 6.61 Å². The van der Waals surface area contributed by atoms with E-state index in [2.05, 4.69) is 31.2 Å². The average molecular weight is 284 g/mol. The van der Waals surface area contributed by atoms with E-state index in [0.717, 1.165) is 24.0 Å². The molecular formula is C19H24O2. The number of hydrogen-bond donors (Lipinski definition) is 1. The van der Waals surface area contributed by atoms with E-state index in [-0.39, 0.29) is 6.10 Å². The second-order valence-corrected chi connectivity index (χ2v) is 5.22. The predicted molar refractivity (Wildman–Crippen MR) is 87.2 cm³/mol. The van der Waals surface area contributed by atoms with Crippen LogP contribution in [-0.2, 0) is 4.74 Å². The average Bonchev–Trinajstić information content (AvgIpc) is 2.55. The van der Waals surface area contributed by atoms with Crippen LogP contribution < -0.4 is 0 Å². The van der Waals surface area contributed by atoms with Gasteiger partial charge in [-0.1, -0.05) is 67.9 Å². The van der Waals surface area contributed by atoms with Crippen LogP contribution in [0.3, 0.4) is 0 Å². The maximum atomic E-state index is 10.5. The van der Waals surface area contributed by atoms with Crippen LogP contribution in [0.4, 0.5) is 0 Å². The highest BCUT2D eigenvalue weighted by atomic mass is 16.5. The minimum atomic E-state index is -0.560. The third-order valence-corrected chi connectivity index (χ3v) is 3.67. The molecule has 0 bridgehead atoms. The van der Waals surface area contributed by atoms with Gasteiger partial charge >= 0.3 is 0 Å². The summed E-state index contributed by atoms with van der Waals surface area (Å²) >= 11 is 0. The van der Waals surface area contributed by atoms with E-state index in [1.54, 1.807) is 0 Å². The fourth-order valence-corrected chi connectivity index (χ4v) is 2.55. The third kappa shape index (κ3) is 4.16. The summed E-state index contributed by atoms with van der Waals surface area (Å²) in [4.78, 5) is 0. The first-order valence-electron chi connectivity index (χ1n) is 7.71. The van der Waals surface area contributed by atoms with E-state index >= 15 is 0 Å². The Morgan fingerprint density at radius 1 is 0.905 bits per heavy atom. The van der Waals surface area contributed by atoms with Gasteiger partial charge in [-0.15, -0.1) is 0 Å². The number of ether oxygens (including phenoxy) is 1. The van der Waals surface area contributed by atoms with Crippen molar-refractivity contribution in [3.05, 3.63) is 60.2 Å². The van der Waals surface area contributed by atoms with Crippen molar-refractivity contribution in [3.8, 4) is 11.1 Å². The summed E-state index contributed by atoms with van der Waals surface area (Å²) in [5.74, 6) is 0. The van der Waals surface area contributed by atoms with E-state index in [9.17, 15) is 5.11 Å². The lowest BCUT2D eigenvalue weighted by Crippen LogP contribution is -2.22. The molecule has 0 amide bonds. The Hall–Kier alpha value is -1.64. The van der Waals surface area contributed by atoms with Gasteiger partial charge in [0.05, 0.1) is 6.10 Å². The van der Waals surface area contributed by atoms with E-state index in [1.807, 2.05) is 37.3 Å². The van der Waals surface area contributed by atoms with Crippen LogP contribution in [0.15, 0.2) is 54.6 Å². The largest absolute Gasteiger partial charge is 0.386 e. The summed E-state index contributed by atoms with van der Waals surface area (Å²) in [5.41, 5.74) is 3.27. The molecule has 0 fully saturated rings. The molecule has 0 radical (unpaired) electrons. The summed E-state index contributed by atoms with van der Waals surface area (Å²) in [7, 11) is 0. The Kier molecular flexibility index (Phi) is 5.97. The topological polar surface area (TPSA) is 29.5 Å². The third-order valence-electron chi connectivity index (χ3n) is 3.67. The minimum Gasteiger partial charge on any atom is -0.386 e. The highest BCUT2D eigenvalue weighted by molar-refractivity contribution is 5.63. The van der Waals surface area contributed by atoms with Crippen LogP contribution in [0, 0.1) is 0 Å². The molecule has 2 rings (SSSR count). The molecule has 2 unspecified atom stereocenters. The van der Waals surface area contributed by atoms with Crippen molar-refractivity contribution < 1.29 is 9.84 Å². The molecule has 1 N–H and O–H groups in total. The first-order chi connectivity index (χ1) is 10.3. The molecule has 2 heteroatoms. The molecule has 0 aliphatic rings. The quantitative estimate of drug-likeness (QED) is 0.805. The second-order valence-electron chi connectivity index (χ2n) is 5.22. The van der Waals surface area contributed by atoms with Gasteiger partial charge in [-0.2, -0.15) is 0 Å². The SMILES string of the molecule is CCCC(OCC)C(O)c1ccc(-c2ccccc2)cc1. The first-order valence-corrected chi connectivity index (χ1v) is 7.71. The molecular weight excluding hydrogens is 260 g/mol. The minimum absolute atomic E-state index is 0.123. The van der Waals surface area contributed by atoms with Crippen molar-refractivity contribution in [2.75, 3.05) is 6.61 Å². The van der Waals surface area contributed by atoms with Gasteiger partial charge in [-0.05, 0) is 30.0 Å². The Morgan fingerprint density at radius 2 is 1.52 bits per heavy atom. The number of aliphatic hydroxyl groups is 1. The summed E-state index contributed by atoms with van der Waals surface area (Å²) in [6.07, 6.45) is 1.19. The van der Waals surface area contributed by atoms with Gasteiger partial charge in [0.2, 0.25) is 0 Å². The summed E-state index contributed by atoms with van der Waals surface area (Å²) in [5, 5.41) is 10.5. The van der Waals surface area contributed by atoms with Crippen LogP contribution in [0.25, 0.3) is 11.1 Å². The summed E-state index contributed by atoms with van der Waals surface area (Å²) < 4.78 is 5.66. The van der Waals surface area contributed by atoms with Crippen molar-refractivity contribution in [2.45, 2.75) is 38.9 Å². The molecule has 21 heavy (non-hydrogen) atoms. The van der Waals surface area contributed by atoms with Gasteiger partial charge < -0.3 is 9.84 Å². The van der Waals surface area contributed by atoms with Crippen LogP contribution in [0.5, 0.6) is 0 Å². The van der Waals surface area contributed by atoms with Crippen molar-refractivity contribution >= 4 is 0 Å². The predicted octanol–water partition coefficient (Wildman–Crippen LogP) is 4.59. The summed E-state index contributed by atoms with van der Waals surface area (Å²) in [6.45, 7) is 4.70. The summed E-state index contributed by atoms with van der Waals surface area (Å²) in [6, 6.07) is 18.4. The Morgan fingerprint density at radius 3 is 2.10 bits per heavy atom. The zero-order chi connectivity index (χ0) is 15.1. The highest BCUT2D eigenvalue weighted by Crippen LogP contribution is 2.26. The second kappa shape index (κ2) is 7.96. The van der Waals surface area contributed by atoms with Crippen LogP contribution in [-0.4, -0.2) is 17.8 Å².